The zero-order valence-corrected chi connectivity index (χ0v) is 11.1. The van der Waals surface area contributed by atoms with Gasteiger partial charge in [-0.05, 0) is 36.5 Å². The summed E-state index contributed by atoms with van der Waals surface area (Å²) in [5.74, 6) is 0.562. The summed E-state index contributed by atoms with van der Waals surface area (Å²) >= 11 is 0. The van der Waals surface area contributed by atoms with Crippen molar-refractivity contribution < 1.29 is 0 Å². The van der Waals surface area contributed by atoms with Gasteiger partial charge in [0.15, 0.2) is 0 Å². The lowest BCUT2D eigenvalue weighted by Crippen LogP contribution is -1.92. The first kappa shape index (κ1) is 11.9. The van der Waals surface area contributed by atoms with Crippen LogP contribution in [0.3, 0.4) is 0 Å². The van der Waals surface area contributed by atoms with Crippen molar-refractivity contribution in [3.05, 3.63) is 59.2 Å². The molecule has 0 unspecified atom stereocenters. The van der Waals surface area contributed by atoms with Gasteiger partial charge < -0.3 is 0 Å². The molecule has 0 heterocycles. The highest BCUT2D eigenvalue weighted by Gasteiger charge is 2.08. The lowest BCUT2D eigenvalue weighted by atomic mass is 9.91. The molecule has 0 nitrogen and oxygen atoms in total. The molecule has 17 heavy (non-hydrogen) atoms. The third kappa shape index (κ3) is 2.58. The molecule has 0 amide bonds. The van der Waals surface area contributed by atoms with Gasteiger partial charge >= 0.3 is 0 Å². The van der Waals surface area contributed by atoms with E-state index in [4.69, 9.17) is 0 Å². The van der Waals surface area contributed by atoms with Crippen LogP contribution < -0.4 is 0 Å². The van der Waals surface area contributed by atoms with Crippen molar-refractivity contribution in [1.82, 2.24) is 0 Å². The zero-order chi connectivity index (χ0) is 12.4. The molecular weight excluding hydrogens is 204 g/mol. The molecule has 2 aromatic carbocycles. The zero-order valence-electron chi connectivity index (χ0n) is 11.1. The predicted octanol–water partition coefficient (Wildman–Crippen LogP) is 5.09. The van der Waals surface area contributed by atoms with Crippen molar-refractivity contribution in [2.75, 3.05) is 0 Å². The molecule has 0 N–H and O–H groups in total. The highest BCUT2D eigenvalue weighted by molar-refractivity contribution is 5.69. The number of rotatable bonds is 2. The van der Waals surface area contributed by atoms with E-state index in [0.717, 1.165) is 0 Å². The minimum atomic E-state index is 0.562. The van der Waals surface area contributed by atoms with Gasteiger partial charge in [0.05, 0.1) is 0 Å². The summed E-state index contributed by atoms with van der Waals surface area (Å²) in [5.41, 5.74) is 6.80. The van der Waals surface area contributed by atoms with Crippen LogP contribution in [0.5, 0.6) is 0 Å². The Hall–Kier alpha value is -1.56. The van der Waals surface area contributed by atoms with Crippen molar-refractivity contribution in [3.63, 3.8) is 0 Å². The van der Waals surface area contributed by atoms with Crippen molar-refractivity contribution in [2.24, 2.45) is 0 Å². The Balaban J connectivity index is 2.60. The minimum Gasteiger partial charge on any atom is -0.0619 e. The number of hydrogen-bond acceptors (Lipinski definition) is 0. The molecule has 88 valence electrons. The Bertz CT molecular complexity index is 501. The van der Waals surface area contributed by atoms with Crippen molar-refractivity contribution in [2.45, 2.75) is 33.6 Å². The van der Waals surface area contributed by atoms with Gasteiger partial charge in [-0.1, -0.05) is 67.4 Å². The molecular formula is C17H20. The standard InChI is InChI=1S/C17H20/c1-12(2)16-7-5-6-8-17(16)15-10-13(3)9-14(4)11-15/h5-12H,1-4H3. The summed E-state index contributed by atoms with van der Waals surface area (Å²) < 4.78 is 0. The highest BCUT2D eigenvalue weighted by Crippen LogP contribution is 2.30. The Labute approximate surface area is 104 Å². The van der Waals surface area contributed by atoms with Gasteiger partial charge in [-0.15, -0.1) is 0 Å². The summed E-state index contributed by atoms with van der Waals surface area (Å²) in [7, 11) is 0. The van der Waals surface area contributed by atoms with Crippen LogP contribution in [0.25, 0.3) is 11.1 Å². The van der Waals surface area contributed by atoms with Crippen molar-refractivity contribution in [3.8, 4) is 11.1 Å². The monoisotopic (exact) mass is 224 g/mol. The summed E-state index contributed by atoms with van der Waals surface area (Å²) in [5, 5.41) is 0. The molecule has 0 radical (unpaired) electrons. The van der Waals surface area contributed by atoms with Gasteiger partial charge in [-0.25, -0.2) is 0 Å². The molecule has 0 aliphatic heterocycles. The van der Waals surface area contributed by atoms with Gasteiger partial charge in [-0.3, -0.25) is 0 Å². The first-order chi connectivity index (χ1) is 8.08. The SMILES string of the molecule is Cc1cc(C)cc(-c2ccccc2C(C)C)c1. The van der Waals surface area contributed by atoms with E-state index in [0.29, 0.717) is 5.92 Å². The van der Waals surface area contributed by atoms with E-state index in [1.807, 2.05) is 0 Å². The van der Waals surface area contributed by atoms with Crippen LogP contribution in [0.1, 0.15) is 36.5 Å². The minimum absolute atomic E-state index is 0.562. The molecule has 0 saturated heterocycles. The molecule has 0 aliphatic rings. The molecule has 0 aromatic heterocycles. The molecule has 2 aromatic rings. The van der Waals surface area contributed by atoms with E-state index in [-0.39, 0.29) is 0 Å². The highest BCUT2D eigenvalue weighted by atomic mass is 14.1. The van der Waals surface area contributed by atoms with Gasteiger partial charge in [-0.2, -0.15) is 0 Å². The Morgan fingerprint density at radius 3 is 2.00 bits per heavy atom. The van der Waals surface area contributed by atoms with Gasteiger partial charge in [0.25, 0.3) is 0 Å². The molecule has 0 heteroatoms. The fraction of sp³-hybridized carbons (Fsp3) is 0.294. The fourth-order valence-corrected chi connectivity index (χ4v) is 2.39. The first-order valence-corrected chi connectivity index (χ1v) is 6.25. The van der Waals surface area contributed by atoms with E-state index in [9.17, 15) is 0 Å². The summed E-state index contributed by atoms with van der Waals surface area (Å²) in [6.45, 7) is 8.83. The van der Waals surface area contributed by atoms with E-state index in [1.54, 1.807) is 0 Å². The van der Waals surface area contributed by atoms with Crippen molar-refractivity contribution in [1.29, 1.82) is 0 Å². The Morgan fingerprint density at radius 1 is 0.824 bits per heavy atom. The number of hydrogen-bond donors (Lipinski definition) is 0. The van der Waals surface area contributed by atoms with E-state index in [2.05, 4.69) is 70.2 Å². The van der Waals surface area contributed by atoms with E-state index >= 15 is 0 Å². The third-order valence-corrected chi connectivity index (χ3v) is 3.12. The second-order valence-corrected chi connectivity index (χ2v) is 5.12. The number of benzene rings is 2. The molecule has 0 saturated carbocycles. The topological polar surface area (TPSA) is 0 Å². The molecule has 0 fully saturated rings. The third-order valence-electron chi connectivity index (χ3n) is 3.12. The quantitative estimate of drug-likeness (QED) is 0.666. The predicted molar refractivity (Wildman–Crippen MR) is 75.4 cm³/mol. The largest absolute Gasteiger partial charge is 0.0619 e. The van der Waals surface area contributed by atoms with Crippen LogP contribution >= 0.6 is 0 Å². The number of aryl methyl sites for hydroxylation is 2. The second kappa shape index (κ2) is 4.75. The molecule has 2 rings (SSSR count). The average Bonchev–Trinajstić information content (AvgIpc) is 2.27. The van der Waals surface area contributed by atoms with Crippen LogP contribution in [-0.4, -0.2) is 0 Å². The van der Waals surface area contributed by atoms with E-state index < -0.39 is 0 Å². The first-order valence-electron chi connectivity index (χ1n) is 6.25. The maximum atomic E-state index is 2.27. The van der Waals surface area contributed by atoms with Crippen LogP contribution in [0.2, 0.25) is 0 Å². The molecule has 0 spiro atoms. The van der Waals surface area contributed by atoms with E-state index in [1.165, 1.54) is 27.8 Å². The molecule has 0 bridgehead atoms. The molecule has 0 aliphatic carbocycles. The van der Waals surface area contributed by atoms with Crippen LogP contribution in [-0.2, 0) is 0 Å². The Kier molecular flexibility index (Phi) is 3.33. The normalized spacial score (nSPS) is 10.9. The molecule has 0 atom stereocenters. The maximum absolute atomic E-state index is 2.27. The maximum Gasteiger partial charge on any atom is -0.0149 e. The van der Waals surface area contributed by atoms with Crippen LogP contribution in [0.15, 0.2) is 42.5 Å². The van der Waals surface area contributed by atoms with Crippen LogP contribution in [0, 0.1) is 13.8 Å². The summed E-state index contributed by atoms with van der Waals surface area (Å²) in [6.07, 6.45) is 0. The second-order valence-electron chi connectivity index (χ2n) is 5.12. The smallest absolute Gasteiger partial charge is 0.0149 e. The van der Waals surface area contributed by atoms with Gasteiger partial charge in [0, 0.05) is 0 Å². The lowest BCUT2D eigenvalue weighted by Gasteiger charge is -2.13. The summed E-state index contributed by atoms with van der Waals surface area (Å²) in [4.78, 5) is 0. The van der Waals surface area contributed by atoms with Crippen LogP contribution in [0.4, 0.5) is 0 Å². The lowest BCUT2D eigenvalue weighted by molar-refractivity contribution is 0.869. The fourth-order valence-electron chi connectivity index (χ4n) is 2.39. The van der Waals surface area contributed by atoms with Gasteiger partial charge in [0.2, 0.25) is 0 Å². The van der Waals surface area contributed by atoms with Crippen molar-refractivity contribution >= 4 is 0 Å². The average molecular weight is 224 g/mol. The Morgan fingerprint density at radius 2 is 1.41 bits per heavy atom. The van der Waals surface area contributed by atoms with Gasteiger partial charge in [0.1, 0.15) is 0 Å². The summed E-state index contributed by atoms with van der Waals surface area (Å²) in [6, 6.07) is 15.5.